The van der Waals surface area contributed by atoms with Crippen molar-refractivity contribution in [1.82, 2.24) is 5.32 Å². The lowest BCUT2D eigenvalue weighted by Crippen LogP contribution is -2.27. The number of benzene rings is 1. The van der Waals surface area contributed by atoms with Crippen LogP contribution < -0.4 is 11.1 Å². The van der Waals surface area contributed by atoms with Gasteiger partial charge in [-0.15, -0.1) is 0 Å². The second-order valence-corrected chi connectivity index (χ2v) is 3.94. The summed E-state index contributed by atoms with van der Waals surface area (Å²) in [5.74, 6) is -0.311. The minimum absolute atomic E-state index is 0.119. The summed E-state index contributed by atoms with van der Waals surface area (Å²) in [7, 11) is 0. The van der Waals surface area contributed by atoms with E-state index < -0.39 is 11.7 Å². The normalized spacial score (nSPS) is 12.1. The molecule has 0 fully saturated rings. The summed E-state index contributed by atoms with van der Waals surface area (Å²) in [6.07, 6.45) is 1.52. The van der Waals surface area contributed by atoms with Crippen molar-refractivity contribution >= 4 is 11.6 Å². The molecule has 0 aliphatic rings. The van der Waals surface area contributed by atoms with E-state index in [0.29, 0.717) is 5.76 Å². The summed E-state index contributed by atoms with van der Waals surface area (Å²) in [5, 5.41) is 2.69. The maximum absolute atomic E-state index is 13.1. The van der Waals surface area contributed by atoms with E-state index in [1.165, 1.54) is 18.4 Å². The van der Waals surface area contributed by atoms with E-state index in [4.69, 9.17) is 10.2 Å². The number of rotatable bonds is 3. The number of nitrogen functional groups attached to an aromatic ring is 1. The van der Waals surface area contributed by atoms with E-state index in [1.54, 1.807) is 19.1 Å². The van der Waals surface area contributed by atoms with Crippen molar-refractivity contribution in [3.05, 3.63) is 53.7 Å². The molecule has 94 valence electrons. The quantitative estimate of drug-likeness (QED) is 0.820. The second kappa shape index (κ2) is 4.91. The average molecular weight is 248 g/mol. The van der Waals surface area contributed by atoms with Crippen LogP contribution in [0.25, 0.3) is 0 Å². The molecule has 1 atom stereocenters. The van der Waals surface area contributed by atoms with Crippen LogP contribution in [-0.4, -0.2) is 5.91 Å². The molecule has 0 radical (unpaired) electrons. The Morgan fingerprint density at radius 3 is 2.89 bits per heavy atom. The van der Waals surface area contributed by atoms with Crippen LogP contribution in [0.15, 0.2) is 41.0 Å². The third-order valence-electron chi connectivity index (χ3n) is 2.58. The number of hydrogen-bond donors (Lipinski definition) is 2. The molecule has 1 aromatic heterocycles. The van der Waals surface area contributed by atoms with Gasteiger partial charge in [0.1, 0.15) is 11.6 Å². The first-order chi connectivity index (χ1) is 8.58. The molecule has 0 aliphatic carbocycles. The van der Waals surface area contributed by atoms with Gasteiger partial charge in [-0.2, -0.15) is 0 Å². The highest BCUT2D eigenvalue weighted by Crippen LogP contribution is 2.17. The summed E-state index contributed by atoms with van der Waals surface area (Å²) in [4.78, 5) is 11.9. The van der Waals surface area contributed by atoms with Crippen molar-refractivity contribution in [2.75, 3.05) is 5.73 Å². The fourth-order valence-electron chi connectivity index (χ4n) is 1.61. The molecule has 4 nitrogen and oxygen atoms in total. The van der Waals surface area contributed by atoms with Crippen LogP contribution in [0.3, 0.4) is 0 Å². The van der Waals surface area contributed by atoms with Crippen molar-refractivity contribution < 1.29 is 13.6 Å². The predicted molar refractivity (Wildman–Crippen MR) is 65.4 cm³/mol. The molecule has 0 spiro atoms. The Morgan fingerprint density at radius 1 is 1.44 bits per heavy atom. The average Bonchev–Trinajstić information content (AvgIpc) is 2.85. The molecule has 0 bridgehead atoms. The number of carbonyl (C=O) groups excluding carboxylic acids is 1. The van der Waals surface area contributed by atoms with Crippen molar-refractivity contribution in [1.29, 1.82) is 0 Å². The second-order valence-electron chi connectivity index (χ2n) is 3.94. The summed E-state index contributed by atoms with van der Waals surface area (Å²) in [5.41, 5.74) is 5.99. The SMILES string of the molecule is CC(NC(=O)c1cc(F)ccc1N)c1ccco1. The summed E-state index contributed by atoms with van der Waals surface area (Å²) < 4.78 is 18.2. The van der Waals surface area contributed by atoms with Gasteiger partial charge in [-0.1, -0.05) is 0 Å². The fraction of sp³-hybridized carbons (Fsp3) is 0.154. The van der Waals surface area contributed by atoms with Crippen LogP contribution in [0, 0.1) is 5.82 Å². The monoisotopic (exact) mass is 248 g/mol. The molecular formula is C13H13FN2O2. The Hall–Kier alpha value is -2.30. The molecule has 18 heavy (non-hydrogen) atoms. The predicted octanol–water partition coefficient (Wildman–Crippen LogP) is 2.49. The summed E-state index contributed by atoms with van der Waals surface area (Å²) in [6, 6.07) is 6.85. The van der Waals surface area contributed by atoms with E-state index in [-0.39, 0.29) is 17.3 Å². The number of halogens is 1. The molecule has 1 aromatic carbocycles. The third kappa shape index (κ3) is 2.51. The molecule has 2 aromatic rings. The fourth-order valence-corrected chi connectivity index (χ4v) is 1.61. The van der Waals surface area contributed by atoms with E-state index in [1.807, 2.05) is 0 Å². The van der Waals surface area contributed by atoms with E-state index in [0.717, 1.165) is 6.07 Å². The Bertz CT molecular complexity index is 552. The molecule has 1 heterocycles. The minimum atomic E-state index is -0.500. The van der Waals surface area contributed by atoms with Gasteiger partial charge in [0.2, 0.25) is 0 Å². The highest BCUT2D eigenvalue weighted by atomic mass is 19.1. The van der Waals surface area contributed by atoms with Gasteiger partial charge in [-0.05, 0) is 37.3 Å². The molecule has 1 unspecified atom stereocenters. The van der Waals surface area contributed by atoms with Gasteiger partial charge in [0.05, 0.1) is 17.9 Å². The number of hydrogen-bond acceptors (Lipinski definition) is 3. The van der Waals surface area contributed by atoms with E-state index in [2.05, 4.69) is 5.32 Å². The zero-order chi connectivity index (χ0) is 13.1. The standard InChI is InChI=1S/C13H13FN2O2/c1-8(12-3-2-6-18-12)16-13(17)10-7-9(14)4-5-11(10)15/h2-8H,15H2,1H3,(H,16,17). The van der Waals surface area contributed by atoms with Crippen LogP contribution in [0.2, 0.25) is 0 Å². The van der Waals surface area contributed by atoms with Crippen molar-refractivity contribution in [3.63, 3.8) is 0 Å². The van der Waals surface area contributed by atoms with Gasteiger partial charge in [0.25, 0.3) is 5.91 Å². The molecule has 0 aliphatic heterocycles. The number of nitrogens with one attached hydrogen (secondary N) is 1. The Balaban J connectivity index is 2.15. The first kappa shape index (κ1) is 12.2. The van der Waals surface area contributed by atoms with Gasteiger partial charge in [0.15, 0.2) is 0 Å². The zero-order valence-electron chi connectivity index (χ0n) is 9.81. The molecule has 2 rings (SSSR count). The topological polar surface area (TPSA) is 68.3 Å². The molecular weight excluding hydrogens is 235 g/mol. The Morgan fingerprint density at radius 2 is 2.22 bits per heavy atom. The Kier molecular flexibility index (Phi) is 3.32. The lowest BCUT2D eigenvalue weighted by Gasteiger charge is -2.12. The van der Waals surface area contributed by atoms with Crippen LogP contribution >= 0.6 is 0 Å². The zero-order valence-corrected chi connectivity index (χ0v) is 9.81. The van der Waals surface area contributed by atoms with Crippen LogP contribution in [0.4, 0.5) is 10.1 Å². The molecule has 0 saturated heterocycles. The minimum Gasteiger partial charge on any atom is -0.467 e. The highest BCUT2D eigenvalue weighted by Gasteiger charge is 2.15. The summed E-state index contributed by atoms with van der Waals surface area (Å²) in [6.45, 7) is 1.77. The number of nitrogens with two attached hydrogens (primary N) is 1. The lowest BCUT2D eigenvalue weighted by molar-refractivity contribution is 0.0936. The van der Waals surface area contributed by atoms with Gasteiger partial charge >= 0.3 is 0 Å². The highest BCUT2D eigenvalue weighted by molar-refractivity contribution is 5.99. The smallest absolute Gasteiger partial charge is 0.254 e. The maximum Gasteiger partial charge on any atom is 0.254 e. The van der Waals surface area contributed by atoms with Crippen molar-refractivity contribution in [2.24, 2.45) is 0 Å². The number of amides is 1. The third-order valence-corrected chi connectivity index (χ3v) is 2.58. The van der Waals surface area contributed by atoms with E-state index >= 15 is 0 Å². The summed E-state index contributed by atoms with van der Waals surface area (Å²) >= 11 is 0. The molecule has 0 saturated carbocycles. The first-order valence-corrected chi connectivity index (χ1v) is 5.47. The number of anilines is 1. The van der Waals surface area contributed by atoms with Gasteiger partial charge in [-0.25, -0.2) is 4.39 Å². The van der Waals surface area contributed by atoms with Crippen molar-refractivity contribution in [2.45, 2.75) is 13.0 Å². The first-order valence-electron chi connectivity index (χ1n) is 5.47. The van der Waals surface area contributed by atoms with Gasteiger partial charge < -0.3 is 15.5 Å². The molecule has 5 heteroatoms. The van der Waals surface area contributed by atoms with E-state index in [9.17, 15) is 9.18 Å². The van der Waals surface area contributed by atoms with Crippen molar-refractivity contribution in [3.8, 4) is 0 Å². The molecule has 1 amide bonds. The lowest BCUT2D eigenvalue weighted by atomic mass is 10.1. The largest absolute Gasteiger partial charge is 0.467 e. The van der Waals surface area contributed by atoms with Gasteiger partial charge in [0, 0.05) is 5.69 Å². The van der Waals surface area contributed by atoms with Crippen LogP contribution in [-0.2, 0) is 0 Å². The van der Waals surface area contributed by atoms with Gasteiger partial charge in [-0.3, -0.25) is 4.79 Å². The molecule has 3 N–H and O–H groups in total. The van der Waals surface area contributed by atoms with Crippen LogP contribution in [0.5, 0.6) is 0 Å². The van der Waals surface area contributed by atoms with Crippen LogP contribution in [0.1, 0.15) is 29.1 Å². The maximum atomic E-state index is 13.1. The number of carbonyl (C=O) groups is 1. The number of furan rings is 1. The Labute approximate surface area is 104 Å².